The number of nitrogens with zero attached hydrogens (tertiary/aromatic N) is 2. The van der Waals surface area contributed by atoms with Gasteiger partial charge >= 0.3 is 6.68 Å². The maximum atomic E-state index is 9.67. The fourth-order valence-electron chi connectivity index (χ4n) is 1.35. The molecule has 5 heteroatoms. The molecule has 0 aliphatic carbocycles. The first-order valence-electron chi connectivity index (χ1n) is 5.54. The molecule has 0 N–H and O–H groups in total. The first-order valence-corrected chi connectivity index (χ1v) is 5.54. The summed E-state index contributed by atoms with van der Waals surface area (Å²) in [5, 5.41) is 0. The molecule has 0 bridgehead atoms. The topological polar surface area (TPSA) is 17.8 Å². The number of hydrogen-bond acceptors (Lipinski definition) is 1. The second-order valence-electron chi connectivity index (χ2n) is 3.39. The van der Waals surface area contributed by atoms with Crippen LogP contribution < -0.4 is 0 Å². The number of imidazole rings is 1. The van der Waals surface area contributed by atoms with Crippen LogP contribution in [0.5, 0.6) is 0 Å². The van der Waals surface area contributed by atoms with Crippen LogP contribution in [0.15, 0.2) is 12.4 Å². The zero-order chi connectivity index (χ0) is 12.4. The SMILES string of the molecule is CCCCc1nccn1CCC.FC(F)F. The van der Waals surface area contributed by atoms with Crippen LogP contribution >= 0.6 is 0 Å². The zero-order valence-electron chi connectivity index (χ0n) is 9.80. The van der Waals surface area contributed by atoms with Gasteiger partial charge in [-0.2, -0.15) is 13.2 Å². The molecule has 0 radical (unpaired) electrons. The van der Waals surface area contributed by atoms with E-state index in [1.807, 2.05) is 6.20 Å². The Hall–Kier alpha value is -1.00. The van der Waals surface area contributed by atoms with Gasteiger partial charge in [-0.25, -0.2) is 4.98 Å². The molecule has 0 atom stereocenters. The van der Waals surface area contributed by atoms with E-state index >= 15 is 0 Å². The maximum absolute atomic E-state index is 9.67. The van der Waals surface area contributed by atoms with E-state index in [1.54, 1.807) is 0 Å². The predicted molar refractivity (Wildman–Crippen MR) is 58.2 cm³/mol. The summed E-state index contributed by atoms with van der Waals surface area (Å²) in [5.74, 6) is 1.25. The van der Waals surface area contributed by atoms with Crippen molar-refractivity contribution in [2.75, 3.05) is 0 Å². The van der Waals surface area contributed by atoms with Gasteiger partial charge in [0.15, 0.2) is 0 Å². The Bertz CT molecular complexity index is 259. The van der Waals surface area contributed by atoms with Crippen molar-refractivity contribution in [3.63, 3.8) is 0 Å². The zero-order valence-corrected chi connectivity index (χ0v) is 9.80. The van der Waals surface area contributed by atoms with Gasteiger partial charge in [0.1, 0.15) is 5.82 Å². The molecule has 0 amide bonds. The molecule has 1 aromatic rings. The quantitative estimate of drug-likeness (QED) is 0.760. The van der Waals surface area contributed by atoms with Crippen LogP contribution in [0.4, 0.5) is 13.2 Å². The van der Waals surface area contributed by atoms with Crippen molar-refractivity contribution in [1.29, 1.82) is 0 Å². The summed E-state index contributed by atoms with van der Waals surface area (Å²) in [4.78, 5) is 4.34. The summed E-state index contributed by atoms with van der Waals surface area (Å²) in [6.45, 7) is 1.86. The molecule has 0 aliphatic rings. The highest BCUT2D eigenvalue weighted by atomic mass is 19.4. The molecule has 0 saturated heterocycles. The molecule has 94 valence electrons. The van der Waals surface area contributed by atoms with E-state index in [9.17, 15) is 13.2 Å². The van der Waals surface area contributed by atoms with Gasteiger partial charge in [-0.05, 0) is 12.8 Å². The fraction of sp³-hybridized carbons (Fsp3) is 0.727. The van der Waals surface area contributed by atoms with E-state index in [2.05, 4.69) is 29.6 Å². The number of alkyl halides is 3. The fourth-order valence-corrected chi connectivity index (χ4v) is 1.35. The molecule has 0 saturated carbocycles. The van der Waals surface area contributed by atoms with Crippen molar-refractivity contribution in [3.05, 3.63) is 18.2 Å². The van der Waals surface area contributed by atoms with Crippen molar-refractivity contribution >= 4 is 0 Å². The minimum Gasteiger partial charge on any atom is -0.335 e. The highest BCUT2D eigenvalue weighted by molar-refractivity contribution is 4.92. The Morgan fingerprint density at radius 3 is 2.38 bits per heavy atom. The standard InChI is InChI=1S/C10H18N2.CHF3/c1-3-5-6-10-11-7-9-12(10)8-4-2;2-1(3)4/h7,9H,3-6,8H2,1-2H3;1H. The smallest absolute Gasteiger partial charge is 0.335 e. The Morgan fingerprint density at radius 1 is 1.25 bits per heavy atom. The van der Waals surface area contributed by atoms with Crippen LogP contribution in [0.3, 0.4) is 0 Å². The Balaban J connectivity index is 0.000000487. The molecule has 1 heterocycles. The third kappa shape index (κ3) is 7.31. The first kappa shape index (κ1) is 15.0. The number of halogens is 3. The molecule has 1 aromatic heterocycles. The lowest BCUT2D eigenvalue weighted by Gasteiger charge is -2.04. The number of rotatable bonds is 5. The molecule has 0 spiro atoms. The van der Waals surface area contributed by atoms with Crippen LogP contribution in [0, 0.1) is 0 Å². The molecule has 0 fully saturated rings. The maximum Gasteiger partial charge on any atom is 0.379 e. The minimum atomic E-state index is -3.67. The van der Waals surface area contributed by atoms with Gasteiger partial charge in [0.2, 0.25) is 0 Å². The number of aryl methyl sites for hydroxylation is 2. The van der Waals surface area contributed by atoms with E-state index in [0.717, 1.165) is 13.0 Å². The summed E-state index contributed by atoms with van der Waals surface area (Å²) >= 11 is 0. The van der Waals surface area contributed by atoms with Crippen LogP contribution in [0.25, 0.3) is 0 Å². The van der Waals surface area contributed by atoms with E-state index in [-0.39, 0.29) is 0 Å². The monoisotopic (exact) mass is 236 g/mol. The van der Waals surface area contributed by atoms with Crippen molar-refractivity contribution in [3.8, 4) is 0 Å². The van der Waals surface area contributed by atoms with E-state index in [0.29, 0.717) is 0 Å². The van der Waals surface area contributed by atoms with Crippen LogP contribution in [0.2, 0.25) is 0 Å². The van der Waals surface area contributed by atoms with E-state index in [4.69, 9.17) is 0 Å². The largest absolute Gasteiger partial charge is 0.379 e. The van der Waals surface area contributed by atoms with Crippen LogP contribution in [-0.2, 0) is 13.0 Å². The number of aromatic nitrogens is 2. The molecule has 0 aliphatic heterocycles. The molecule has 1 rings (SSSR count). The van der Waals surface area contributed by atoms with Gasteiger partial charge in [0.25, 0.3) is 0 Å². The van der Waals surface area contributed by atoms with Gasteiger partial charge in [-0.3, -0.25) is 0 Å². The minimum absolute atomic E-state index is 1.11. The van der Waals surface area contributed by atoms with Crippen molar-refractivity contribution in [2.24, 2.45) is 0 Å². The van der Waals surface area contributed by atoms with Crippen molar-refractivity contribution in [1.82, 2.24) is 9.55 Å². The highest BCUT2D eigenvalue weighted by Crippen LogP contribution is 2.03. The lowest BCUT2D eigenvalue weighted by atomic mass is 10.2. The summed E-state index contributed by atoms with van der Waals surface area (Å²) in [5.41, 5.74) is 0. The van der Waals surface area contributed by atoms with Crippen LogP contribution in [-0.4, -0.2) is 16.2 Å². The number of unbranched alkanes of at least 4 members (excludes halogenated alkanes) is 1. The molecular weight excluding hydrogens is 217 g/mol. The van der Waals surface area contributed by atoms with Gasteiger partial charge < -0.3 is 4.57 Å². The van der Waals surface area contributed by atoms with Gasteiger partial charge in [0, 0.05) is 25.4 Å². The van der Waals surface area contributed by atoms with Gasteiger partial charge in [-0.1, -0.05) is 20.3 Å². The third-order valence-corrected chi connectivity index (χ3v) is 2.02. The molecule has 16 heavy (non-hydrogen) atoms. The lowest BCUT2D eigenvalue weighted by molar-refractivity contribution is 0.00819. The predicted octanol–water partition coefficient (Wildman–Crippen LogP) is 3.81. The third-order valence-electron chi connectivity index (χ3n) is 2.02. The lowest BCUT2D eigenvalue weighted by Crippen LogP contribution is -2.02. The molecular formula is C11H19F3N2. The van der Waals surface area contributed by atoms with E-state index in [1.165, 1.54) is 25.1 Å². The Labute approximate surface area is 94.5 Å². The highest BCUT2D eigenvalue weighted by Gasteiger charge is 1.99. The second kappa shape index (κ2) is 9.24. The van der Waals surface area contributed by atoms with Gasteiger partial charge in [0.05, 0.1) is 0 Å². The Morgan fingerprint density at radius 2 is 1.88 bits per heavy atom. The Kier molecular flexibility index (Phi) is 8.66. The van der Waals surface area contributed by atoms with Crippen molar-refractivity contribution < 1.29 is 13.2 Å². The summed E-state index contributed by atoms with van der Waals surface area (Å²) < 4.78 is 31.3. The molecule has 0 unspecified atom stereocenters. The van der Waals surface area contributed by atoms with Gasteiger partial charge in [-0.15, -0.1) is 0 Å². The number of hydrogen-bond donors (Lipinski definition) is 0. The first-order chi connectivity index (χ1) is 7.61. The van der Waals surface area contributed by atoms with E-state index < -0.39 is 6.68 Å². The average molecular weight is 236 g/mol. The summed E-state index contributed by atoms with van der Waals surface area (Å²) in [6, 6.07) is 0. The summed E-state index contributed by atoms with van der Waals surface area (Å²) in [7, 11) is 0. The van der Waals surface area contributed by atoms with Crippen molar-refractivity contribution in [2.45, 2.75) is 52.8 Å². The second-order valence-corrected chi connectivity index (χ2v) is 3.39. The van der Waals surface area contributed by atoms with Crippen LogP contribution in [0.1, 0.15) is 38.9 Å². The average Bonchev–Trinajstić information content (AvgIpc) is 2.62. The normalized spacial score (nSPS) is 10.1. The molecule has 2 nitrogen and oxygen atoms in total. The summed E-state index contributed by atoms with van der Waals surface area (Å²) in [6.07, 6.45) is 8.80. The molecule has 0 aromatic carbocycles.